The van der Waals surface area contributed by atoms with Crippen LogP contribution in [0.25, 0.3) is 76.9 Å². The molecule has 0 aliphatic heterocycles. The van der Waals surface area contributed by atoms with E-state index in [9.17, 15) is 0 Å². The first-order chi connectivity index (χ1) is 25.8. The lowest BCUT2D eigenvalue weighted by molar-refractivity contribution is 0.669. The lowest BCUT2D eigenvalue weighted by Crippen LogP contribution is -2.11. The third-order valence-corrected chi connectivity index (χ3v) is 10.3. The number of anilines is 3. The number of furan rings is 1. The highest BCUT2D eigenvalue weighted by molar-refractivity contribution is 6.07. The van der Waals surface area contributed by atoms with Crippen LogP contribution < -0.4 is 4.90 Å². The molecule has 0 unspecified atom stereocenters. The second-order valence-corrected chi connectivity index (χ2v) is 13.3. The quantitative estimate of drug-likeness (QED) is 0.176. The van der Waals surface area contributed by atoms with Crippen molar-refractivity contribution in [1.82, 2.24) is 0 Å². The van der Waals surface area contributed by atoms with Crippen LogP contribution in [0.5, 0.6) is 0 Å². The Morgan fingerprint density at radius 1 is 0.308 bits per heavy atom. The Morgan fingerprint density at radius 3 is 1.83 bits per heavy atom. The highest BCUT2D eigenvalue weighted by atomic mass is 16.3. The number of fused-ring (bicyclic) bond motifs is 5. The number of benzene rings is 9. The number of hydrogen-bond donors (Lipinski definition) is 0. The standard InChI is InChI=1S/C50H33NO/c1-2-12-37(13-3-1)45-29-25-40(44-19-10-16-36-14-6-7-17-43(36)44)32-48(45)51(42-28-30-50-47(33-42)46-18-8-9-20-49(46)52-50)41-26-23-35(24-27-41)39-22-21-34-11-4-5-15-38(34)31-39/h1-33H. The molecule has 0 fully saturated rings. The third kappa shape index (κ3) is 5.21. The lowest BCUT2D eigenvalue weighted by Gasteiger charge is -2.29. The van der Waals surface area contributed by atoms with Crippen LogP contribution in [-0.2, 0) is 0 Å². The number of nitrogens with zero attached hydrogens (tertiary/aromatic N) is 1. The summed E-state index contributed by atoms with van der Waals surface area (Å²) in [5, 5.41) is 7.16. The van der Waals surface area contributed by atoms with Crippen molar-refractivity contribution in [2.24, 2.45) is 0 Å². The van der Waals surface area contributed by atoms with Crippen molar-refractivity contribution in [2.75, 3.05) is 4.90 Å². The molecule has 0 bridgehead atoms. The highest BCUT2D eigenvalue weighted by Crippen LogP contribution is 2.45. The van der Waals surface area contributed by atoms with Gasteiger partial charge in [0.15, 0.2) is 0 Å². The summed E-state index contributed by atoms with van der Waals surface area (Å²) in [7, 11) is 0. The molecule has 10 aromatic rings. The van der Waals surface area contributed by atoms with Gasteiger partial charge < -0.3 is 9.32 Å². The van der Waals surface area contributed by atoms with Crippen LogP contribution in [0.3, 0.4) is 0 Å². The van der Waals surface area contributed by atoms with Gasteiger partial charge in [-0.05, 0) is 97.9 Å². The van der Waals surface area contributed by atoms with E-state index in [0.717, 1.165) is 50.1 Å². The summed E-state index contributed by atoms with van der Waals surface area (Å²) in [5.41, 5.74) is 12.1. The Kier molecular flexibility index (Phi) is 7.18. The molecule has 52 heavy (non-hydrogen) atoms. The Morgan fingerprint density at radius 2 is 0.962 bits per heavy atom. The summed E-state index contributed by atoms with van der Waals surface area (Å²) in [6.07, 6.45) is 0. The minimum Gasteiger partial charge on any atom is -0.456 e. The molecule has 10 rings (SSSR count). The molecule has 2 nitrogen and oxygen atoms in total. The highest BCUT2D eigenvalue weighted by Gasteiger charge is 2.21. The average molecular weight is 664 g/mol. The van der Waals surface area contributed by atoms with Crippen LogP contribution in [-0.4, -0.2) is 0 Å². The van der Waals surface area contributed by atoms with Crippen LogP contribution >= 0.6 is 0 Å². The predicted octanol–water partition coefficient (Wildman–Crippen LogP) is 14.4. The van der Waals surface area contributed by atoms with E-state index in [0.29, 0.717) is 0 Å². The molecule has 0 amide bonds. The van der Waals surface area contributed by atoms with Gasteiger partial charge >= 0.3 is 0 Å². The molecule has 244 valence electrons. The minimum atomic E-state index is 0.879. The van der Waals surface area contributed by atoms with Gasteiger partial charge in [-0.2, -0.15) is 0 Å². The summed E-state index contributed by atoms with van der Waals surface area (Å²) in [5.74, 6) is 0. The van der Waals surface area contributed by atoms with Crippen molar-refractivity contribution in [3.8, 4) is 33.4 Å². The predicted molar refractivity (Wildman–Crippen MR) is 220 cm³/mol. The molecule has 2 heteroatoms. The van der Waals surface area contributed by atoms with Gasteiger partial charge in [0.1, 0.15) is 11.2 Å². The SMILES string of the molecule is c1ccc(-c2ccc(-c3cccc4ccccc34)cc2N(c2ccc(-c3ccc4ccccc4c3)cc2)c2ccc3oc4ccccc4c3c2)cc1. The fraction of sp³-hybridized carbons (Fsp3) is 0. The Balaban J connectivity index is 1.20. The maximum absolute atomic E-state index is 6.29. The van der Waals surface area contributed by atoms with E-state index < -0.39 is 0 Å². The summed E-state index contributed by atoms with van der Waals surface area (Å²) < 4.78 is 6.29. The molecule has 1 heterocycles. The van der Waals surface area contributed by atoms with Gasteiger partial charge in [0.05, 0.1) is 5.69 Å². The monoisotopic (exact) mass is 663 g/mol. The second-order valence-electron chi connectivity index (χ2n) is 13.3. The lowest BCUT2D eigenvalue weighted by atomic mass is 9.94. The van der Waals surface area contributed by atoms with Crippen molar-refractivity contribution in [2.45, 2.75) is 0 Å². The van der Waals surface area contributed by atoms with Gasteiger partial charge in [0, 0.05) is 27.7 Å². The molecule has 0 radical (unpaired) electrons. The maximum Gasteiger partial charge on any atom is 0.135 e. The van der Waals surface area contributed by atoms with Gasteiger partial charge in [-0.25, -0.2) is 0 Å². The van der Waals surface area contributed by atoms with Crippen molar-refractivity contribution in [1.29, 1.82) is 0 Å². The Hall–Kier alpha value is -6.90. The molecule has 0 aliphatic carbocycles. The summed E-state index contributed by atoms with van der Waals surface area (Å²) in [4.78, 5) is 2.41. The van der Waals surface area contributed by atoms with Gasteiger partial charge in [-0.15, -0.1) is 0 Å². The molecular weight excluding hydrogens is 631 g/mol. The molecule has 0 saturated carbocycles. The topological polar surface area (TPSA) is 16.4 Å². The molecule has 0 aliphatic rings. The van der Waals surface area contributed by atoms with Crippen molar-refractivity contribution < 1.29 is 4.42 Å². The molecule has 0 spiro atoms. The second kappa shape index (κ2) is 12.5. The largest absolute Gasteiger partial charge is 0.456 e. The van der Waals surface area contributed by atoms with E-state index in [4.69, 9.17) is 4.42 Å². The van der Waals surface area contributed by atoms with Crippen LogP contribution in [0.1, 0.15) is 0 Å². The van der Waals surface area contributed by atoms with Gasteiger partial charge in [-0.3, -0.25) is 0 Å². The van der Waals surface area contributed by atoms with E-state index in [1.54, 1.807) is 0 Å². The van der Waals surface area contributed by atoms with Gasteiger partial charge in [0.25, 0.3) is 0 Å². The molecule has 1 aromatic heterocycles. The van der Waals surface area contributed by atoms with Crippen LogP contribution in [0, 0.1) is 0 Å². The van der Waals surface area contributed by atoms with E-state index in [-0.39, 0.29) is 0 Å². The maximum atomic E-state index is 6.29. The van der Waals surface area contributed by atoms with Crippen molar-refractivity contribution in [3.63, 3.8) is 0 Å². The fourth-order valence-corrected chi connectivity index (χ4v) is 7.68. The first-order valence-corrected chi connectivity index (χ1v) is 17.8. The molecule has 9 aromatic carbocycles. The van der Waals surface area contributed by atoms with Crippen LogP contribution in [0.4, 0.5) is 17.1 Å². The number of hydrogen-bond acceptors (Lipinski definition) is 2. The van der Waals surface area contributed by atoms with E-state index in [1.807, 2.05) is 12.1 Å². The minimum absolute atomic E-state index is 0.879. The zero-order valence-corrected chi connectivity index (χ0v) is 28.4. The summed E-state index contributed by atoms with van der Waals surface area (Å²) in [6.45, 7) is 0. The molecular formula is C50H33NO. The molecule has 0 saturated heterocycles. The fourth-order valence-electron chi connectivity index (χ4n) is 7.68. The van der Waals surface area contributed by atoms with Crippen molar-refractivity contribution in [3.05, 3.63) is 200 Å². The summed E-state index contributed by atoms with van der Waals surface area (Å²) in [6, 6.07) is 71.9. The summed E-state index contributed by atoms with van der Waals surface area (Å²) >= 11 is 0. The first-order valence-electron chi connectivity index (χ1n) is 17.8. The van der Waals surface area contributed by atoms with Gasteiger partial charge in [-0.1, -0.05) is 152 Å². The molecule has 0 N–H and O–H groups in total. The first kappa shape index (κ1) is 30.0. The third-order valence-electron chi connectivity index (χ3n) is 10.3. The van der Waals surface area contributed by atoms with E-state index in [1.165, 1.54) is 43.8 Å². The number of para-hydroxylation sites is 1. The van der Waals surface area contributed by atoms with Gasteiger partial charge in [0.2, 0.25) is 0 Å². The van der Waals surface area contributed by atoms with Crippen molar-refractivity contribution >= 4 is 60.5 Å². The Bertz CT molecular complexity index is 2900. The zero-order chi connectivity index (χ0) is 34.4. The molecule has 0 atom stereocenters. The zero-order valence-electron chi connectivity index (χ0n) is 28.4. The van der Waals surface area contributed by atoms with E-state index >= 15 is 0 Å². The van der Waals surface area contributed by atoms with E-state index in [2.05, 4.69) is 193 Å². The average Bonchev–Trinajstić information content (AvgIpc) is 3.59. The normalized spacial score (nSPS) is 11.5. The Labute approximate surface area is 302 Å². The smallest absolute Gasteiger partial charge is 0.135 e. The van der Waals surface area contributed by atoms with Crippen LogP contribution in [0.15, 0.2) is 205 Å². The van der Waals surface area contributed by atoms with Crippen LogP contribution in [0.2, 0.25) is 0 Å². The number of rotatable bonds is 6.